The molecule has 1 aliphatic heterocycles. The normalized spacial score (nSPS) is 14.0. The van der Waals surface area contributed by atoms with Crippen molar-refractivity contribution >= 4 is 23.2 Å². The quantitative estimate of drug-likeness (QED) is 0.878. The van der Waals surface area contributed by atoms with Crippen LogP contribution < -0.4 is 10.1 Å². The second-order valence-electron chi connectivity index (χ2n) is 6.31. The van der Waals surface area contributed by atoms with Gasteiger partial charge in [0.1, 0.15) is 5.75 Å². The Labute approximate surface area is 158 Å². The van der Waals surface area contributed by atoms with Crippen LogP contribution in [0.4, 0.5) is 11.4 Å². The minimum Gasteiger partial charge on any atom is -0.492 e. The van der Waals surface area contributed by atoms with Crippen molar-refractivity contribution in [3.63, 3.8) is 0 Å². The van der Waals surface area contributed by atoms with Gasteiger partial charge >= 0.3 is 0 Å². The molecule has 3 rings (SSSR count). The van der Waals surface area contributed by atoms with Gasteiger partial charge in [0, 0.05) is 39.3 Å². The van der Waals surface area contributed by atoms with Gasteiger partial charge in [-0.2, -0.15) is 0 Å². The zero-order valence-electron chi connectivity index (χ0n) is 15.6. The Hall–Kier alpha value is -3.09. The van der Waals surface area contributed by atoms with Crippen LogP contribution >= 0.6 is 0 Å². The number of nitrogens with zero attached hydrogens (tertiary/aromatic N) is 3. The topological polar surface area (TPSA) is 74.8 Å². The fourth-order valence-corrected chi connectivity index (χ4v) is 3.04. The van der Waals surface area contributed by atoms with Crippen molar-refractivity contribution in [3.05, 3.63) is 48.3 Å². The third-order valence-electron chi connectivity index (χ3n) is 4.46. The number of anilines is 2. The third kappa shape index (κ3) is 4.55. The van der Waals surface area contributed by atoms with E-state index in [9.17, 15) is 9.59 Å². The average molecular weight is 368 g/mol. The van der Waals surface area contributed by atoms with Crippen molar-refractivity contribution in [3.8, 4) is 5.75 Å². The van der Waals surface area contributed by atoms with E-state index < -0.39 is 0 Å². The molecule has 2 aromatic rings. The van der Waals surface area contributed by atoms with Crippen LogP contribution in [0, 0.1) is 0 Å². The highest BCUT2D eigenvalue weighted by Gasteiger charge is 2.23. The maximum Gasteiger partial charge on any atom is 0.255 e. The summed E-state index contributed by atoms with van der Waals surface area (Å²) in [4.78, 5) is 31.9. The molecule has 27 heavy (non-hydrogen) atoms. The molecule has 7 nitrogen and oxygen atoms in total. The Kier molecular flexibility index (Phi) is 5.90. The number of hydrogen-bond acceptors (Lipinski definition) is 5. The summed E-state index contributed by atoms with van der Waals surface area (Å²) >= 11 is 0. The summed E-state index contributed by atoms with van der Waals surface area (Å²) < 4.78 is 5.62. The Bertz CT molecular complexity index is 816. The van der Waals surface area contributed by atoms with Gasteiger partial charge in [0.15, 0.2) is 0 Å². The van der Waals surface area contributed by atoms with Gasteiger partial charge in [-0.05, 0) is 25.1 Å². The van der Waals surface area contributed by atoms with Gasteiger partial charge in [-0.25, -0.2) is 0 Å². The van der Waals surface area contributed by atoms with E-state index >= 15 is 0 Å². The maximum atomic E-state index is 12.8. The van der Waals surface area contributed by atoms with Crippen LogP contribution in [-0.4, -0.2) is 59.4 Å². The molecule has 2 amide bonds. The number of amides is 2. The molecule has 0 bridgehead atoms. The molecule has 1 saturated heterocycles. The van der Waals surface area contributed by atoms with Crippen molar-refractivity contribution in [2.24, 2.45) is 0 Å². The van der Waals surface area contributed by atoms with Gasteiger partial charge in [-0.1, -0.05) is 12.1 Å². The lowest BCUT2D eigenvalue weighted by atomic mass is 10.2. The van der Waals surface area contributed by atoms with Crippen LogP contribution in [0.3, 0.4) is 0 Å². The molecular weight excluding hydrogens is 344 g/mol. The lowest BCUT2D eigenvalue weighted by Crippen LogP contribution is -2.50. The van der Waals surface area contributed by atoms with Crippen LogP contribution in [0.5, 0.6) is 5.75 Å². The number of ether oxygens (including phenoxy) is 1. The van der Waals surface area contributed by atoms with Crippen LogP contribution in [0.15, 0.2) is 42.7 Å². The zero-order valence-corrected chi connectivity index (χ0v) is 15.6. The van der Waals surface area contributed by atoms with Gasteiger partial charge in [0.05, 0.1) is 29.7 Å². The van der Waals surface area contributed by atoms with E-state index in [2.05, 4.69) is 10.3 Å². The third-order valence-corrected chi connectivity index (χ3v) is 4.46. The predicted molar refractivity (Wildman–Crippen MR) is 103 cm³/mol. The minimum absolute atomic E-state index is 0.0444. The predicted octanol–water partition coefficient (Wildman–Crippen LogP) is 2.53. The molecule has 0 spiro atoms. The zero-order chi connectivity index (χ0) is 19.2. The molecule has 1 aliphatic rings. The Morgan fingerprint density at radius 2 is 1.81 bits per heavy atom. The van der Waals surface area contributed by atoms with Crippen LogP contribution in [0.2, 0.25) is 0 Å². The highest BCUT2D eigenvalue weighted by molar-refractivity contribution is 5.95. The number of rotatable bonds is 5. The molecule has 0 radical (unpaired) electrons. The number of para-hydroxylation sites is 2. The minimum atomic E-state index is -0.0764. The molecular formula is C20H24N4O3. The van der Waals surface area contributed by atoms with Crippen molar-refractivity contribution in [1.82, 2.24) is 14.8 Å². The van der Waals surface area contributed by atoms with Gasteiger partial charge in [0.25, 0.3) is 5.91 Å². The molecule has 0 atom stereocenters. The van der Waals surface area contributed by atoms with Gasteiger partial charge in [-0.3, -0.25) is 14.6 Å². The summed E-state index contributed by atoms with van der Waals surface area (Å²) in [6.45, 7) is 6.25. The first kappa shape index (κ1) is 18.7. The molecule has 142 valence electrons. The van der Waals surface area contributed by atoms with E-state index in [0.717, 1.165) is 17.1 Å². The van der Waals surface area contributed by atoms with Crippen LogP contribution in [0.1, 0.15) is 24.2 Å². The van der Waals surface area contributed by atoms with Gasteiger partial charge in [0.2, 0.25) is 5.91 Å². The number of pyridine rings is 1. The first-order valence-electron chi connectivity index (χ1n) is 9.07. The van der Waals surface area contributed by atoms with E-state index in [-0.39, 0.29) is 11.8 Å². The van der Waals surface area contributed by atoms with E-state index in [0.29, 0.717) is 38.3 Å². The van der Waals surface area contributed by atoms with Crippen LogP contribution in [0.25, 0.3) is 0 Å². The lowest BCUT2D eigenvalue weighted by molar-refractivity contribution is -0.130. The van der Waals surface area contributed by atoms with Crippen molar-refractivity contribution in [2.45, 2.75) is 13.8 Å². The smallest absolute Gasteiger partial charge is 0.255 e. The number of carbonyl (C=O) groups is 2. The summed E-state index contributed by atoms with van der Waals surface area (Å²) in [5.41, 5.74) is 2.06. The molecule has 1 N–H and O–H groups in total. The standard InChI is InChI=1S/C20H24N4O3/c1-3-27-19-7-5-4-6-18(19)22-17-12-16(13-21-14-17)20(26)24-10-8-23(9-11-24)15(2)25/h4-7,12-14,22H,3,8-11H2,1-2H3. The molecule has 0 unspecified atom stereocenters. The number of piperazine rings is 1. The monoisotopic (exact) mass is 368 g/mol. The molecule has 1 aromatic heterocycles. The Balaban J connectivity index is 1.71. The Morgan fingerprint density at radius 3 is 2.52 bits per heavy atom. The SMILES string of the molecule is CCOc1ccccc1Nc1cncc(C(=O)N2CCN(C(C)=O)CC2)c1. The number of nitrogens with one attached hydrogen (secondary N) is 1. The van der Waals surface area contributed by atoms with Crippen molar-refractivity contribution < 1.29 is 14.3 Å². The first-order valence-corrected chi connectivity index (χ1v) is 9.07. The van der Waals surface area contributed by atoms with E-state index in [1.54, 1.807) is 35.2 Å². The number of hydrogen-bond donors (Lipinski definition) is 1. The van der Waals surface area contributed by atoms with Crippen molar-refractivity contribution in [1.29, 1.82) is 0 Å². The van der Waals surface area contributed by atoms with E-state index in [1.807, 2.05) is 31.2 Å². The van der Waals surface area contributed by atoms with E-state index in [1.165, 1.54) is 0 Å². The average Bonchev–Trinajstić information content (AvgIpc) is 2.69. The largest absolute Gasteiger partial charge is 0.492 e. The second-order valence-corrected chi connectivity index (χ2v) is 6.31. The van der Waals surface area contributed by atoms with E-state index in [4.69, 9.17) is 4.74 Å². The second kappa shape index (κ2) is 8.53. The molecule has 1 aromatic carbocycles. The summed E-state index contributed by atoms with van der Waals surface area (Å²) in [5.74, 6) is 0.715. The lowest BCUT2D eigenvalue weighted by Gasteiger charge is -2.34. The summed E-state index contributed by atoms with van der Waals surface area (Å²) in [6, 6.07) is 9.43. The van der Waals surface area contributed by atoms with Gasteiger partial charge in [-0.15, -0.1) is 0 Å². The molecule has 2 heterocycles. The van der Waals surface area contributed by atoms with Crippen LogP contribution in [-0.2, 0) is 4.79 Å². The number of carbonyl (C=O) groups excluding carboxylic acids is 2. The Morgan fingerprint density at radius 1 is 1.11 bits per heavy atom. The summed E-state index contributed by atoms with van der Waals surface area (Å²) in [7, 11) is 0. The molecule has 0 aliphatic carbocycles. The maximum absolute atomic E-state index is 12.8. The number of benzene rings is 1. The molecule has 0 saturated carbocycles. The first-order chi connectivity index (χ1) is 13.1. The molecule has 7 heteroatoms. The number of aromatic nitrogens is 1. The fraction of sp³-hybridized carbons (Fsp3) is 0.350. The van der Waals surface area contributed by atoms with Gasteiger partial charge < -0.3 is 19.9 Å². The summed E-state index contributed by atoms with van der Waals surface area (Å²) in [6.07, 6.45) is 3.24. The molecule has 1 fully saturated rings. The fourth-order valence-electron chi connectivity index (χ4n) is 3.04. The highest BCUT2D eigenvalue weighted by Crippen LogP contribution is 2.27. The summed E-state index contributed by atoms with van der Waals surface area (Å²) in [5, 5.41) is 3.27. The highest BCUT2D eigenvalue weighted by atomic mass is 16.5. The van der Waals surface area contributed by atoms with Crippen molar-refractivity contribution in [2.75, 3.05) is 38.1 Å².